The van der Waals surface area contributed by atoms with Crippen molar-refractivity contribution in [2.24, 2.45) is 0 Å². The van der Waals surface area contributed by atoms with Crippen LogP contribution in [-0.2, 0) is 4.74 Å². The van der Waals surface area contributed by atoms with E-state index in [9.17, 15) is 4.79 Å². The van der Waals surface area contributed by atoms with Crippen molar-refractivity contribution in [2.45, 2.75) is 26.0 Å². The van der Waals surface area contributed by atoms with Crippen LogP contribution in [0, 0.1) is 6.92 Å². The number of aromatic nitrogens is 2. The second-order valence-corrected chi connectivity index (χ2v) is 6.31. The van der Waals surface area contributed by atoms with Gasteiger partial charge in [-0.1, -0.05) is 28.4 Å². The summed E-state index contributed by atoms with van der Waals surface area (Å²) in [6.07, 6.45) is -0.300. The number of aryl methyl sites for hydroxylation is 1. The number of rotatable bonds is 2. The zero-order chi connectivity index (χ0) is 17.4. The number of halogens is 2. The van der Waals surface area contributed by atoms with Crippen LogP contribution in [-0.4, -0.2) is 40.2 Å². The number of ether oxygens (including phenoxy) is 1. The molecule has 2 N–H and O–H groups in total. The molecule has 2 aromatic rings. The number of nitrogen functional groups attached to an aromatic ring is 1. The molecule has 1 fully saturated rings. The number of hydrogen-bond acceptors (Lipinski definition) is 6. The van der Waals surface area contributed by atoms with Gasteiger partial charge in [-0.2, -0.15) is 4.98 Å². The van der Waals surface area contributed by atoms with E-state index in [0.29, 0.717) is 29.9 Å². The van der Waals surface area contributed by atoms with E-state index in [1.807, 2.05) is 6.92 Å². The molecule has 0 aliphatic carbocycles. The predicted octanol–water partition coefficient (Wildman–Crippen LogP) is 2.87. The molecule has 7 nitrogen and oxygen atoms in total. The van der Waals surface area contributed by atoms with E-state index in [0.717, 1.165) is 0 Å². The molecule has 0 unspecified atom stereocenters. The van der Waals surface area contributed by atoms with Gasteiger partial charge in [0.2, 0.25) is 0 Å². The zero-order valence-electron chi connectivity index (χ0n) is 13.1. The van der Waals surface area contributed by atoms with Crippen LogP contribution in [0.2, 0.25) is 10.0 Å². The lowest BCUT2D eigenvalue weighted by molar-refractivity contribution is -0.0600. The molecule has 24 heavy (non-hydrogen) atoms. The number of carbonyl (C=O) groups excluding carboxylic acids is 1. The standard InChI is InChI=1S/C15H16Cl2N4O3/c1-7-13(14-19-8(2)20-24-14)21(5-6-23-7)15(22)9-3-4-10(16)12(18)11(9)17/h3-4,7,13H,5-6,18H2,1-2H3/t7-,13+/m1/s1. The summed E-state index contributed by atoms with van der Waals surface area (Å²) < 4.78 is 10.9. The molecule has 9 heteroatoms. The van der Waals surface area contributed by atoms with E-state index < -0.39 is 6.04 Å². The van der Waals surface area contributed by atoms with Crippen LogP contribution in [0.25, 0.3) is 0 Å². The lowest BCUT2D eigenvalue weighted by Crippen LogP contribution is -2.47. The first kappa shape index (κ1) is 17.0. The first-order valence-corrected chi connectivity index (χ1v) is 8.12. The number of nitrogens with two attached hydrogens (primary N) is 1. The van der Waals surface area contributed by atoms with Crippen LogP contribution < -0.4 is 5.73 Å². The summed E-state index contributed by atoms with van der Waals surface area (Å²) in [7, 11) is 0. The average molecular weight is 371 g/mol. The summed E-state index contributed by atoms with van der Waals surface area (Å²) >= 11 is 12.1. The Labute approximate surface area is 148 Å². The van der Waals surface area contributed by atoms with Crippen molar-refractivity contribution in [2.75, 3.05) is 18.9 Å². The summed E-state index contributed by atoms with van der Waals surface area (Å²) in [6.45, 7) is 4.33. The maximum Gasteiger partial charge on any atom is 0.256 e. The van der Waals surface area contributed by atoms with Gasteiger partial charge < -0.3 is 19.9 Å². The Bertz CT molecular complexity index is 780. The summed E-state index contributed by atoms with van der Waals surface area (Å²) in [4.78, 5) is 18.9. The minimum absolute atomic E-state index is 0.132. The largest absolute Gasteiger partial charge is 0.396 e. The van der Waals surface area contributed by atoms with Crippen LogP contribution in [0.4, 0.5) is 5.69 Å². The van der Waals surface area contributed by atoms with Gasteiger partial charge in [-0.05, 0) is 26.0 Å². The van der Waals surface area contributed by atoms with E-state index in [2.05, 4.69) is 10.1 Å². The predicted molar refractivity (Wildman–Crippen MR) is 89.1 cm³/mol. The van der Waals surface area contributed by atoms with Crippen molar-refractivity contribution in [1.29, 1.82) is 0 Å². The Hall–Kier alpha value is -1.83. The van der Waals surface area contributed by atoms with Gasteiger partial charge in [-0.15, -0.1) is 0 Å². The van der Waals surface area contributed by atoms with Gasteiger partial charge in [0, 0.05) is 6.54 Å². The SMILES string of the molecule is Cc1noc([C@@H]2[C@@H](C)OCCN2C(=O)c2ccc(Cl)c(N)c2Cl)n1. The molecule has 0 spiro atoms. The molecule has 2 heterocycles. The van der Waals surface area contributed by atoms with Crippen molar-refractivity contribution in [1.82, 2.24) is 15.0 Å². The van der Waals surface area contributed by atoms with Crippen molar-refractivity contribution in [3.05, 3.63) is 39.5 Å². The Morgan fingerprint density at radius 3 is 2.83 bits per heavy atom. The summed E-state index contributed by atoms with van der Waals surface area (Å²) in [5.41, 5.74) is 6.27. The zero-order valence-corrected chi connectivity index (χ0v) is 14.6. The average Bonchev–Trinajstić information content (AvgIpc) is 2.98. The fourth-order valence-corrected chi connectivity index (χ4v) is 3.16. The molecule has 1 aliphatic rings. The molecule has 0 saturated carbocycles. The van der Waals surface area contributed by atoms with Gasteiger partial charge in [0.05, 0.1) is 34.0 Å². The second kappa shape index (κ2) is 6.58. The first-order chi connectivity index (χ1) is 11.4. The Kier molecular flexibility index (Phi) is 4.67. The lowest BCUT2D eigenvalue weighted by atomic mass is 10.1. The normalized spacial score (nSPS) is 21.1. The summed E-state index contributed by atoms with van der Waals surface area (Å²) in [5, 5.41) is 4.23. The molecule has 128 valence electrons. The molecule has 1 aromatic heterocycles. The van der Waals surface area contributed by atoms with Gasteiger partial charge in [0.15, 0.2) is 5.82 Å². The van der Waals surface area contributed by atoms with Gasteiger partial charge in [0.1, 0.15) is 6.04 Å². The quantitative estimate of drug-likeness (QED) is 0.816. The lowest BCUT2D eigenvalue weighted by Gasteiger charge is -2.37. The number of morpholine rings is 1. The Morgan fingerprint density at radius 2 is 2.17 bits per heavy atom. The van der Waals surface area contributed by atoms with Crippen LogP contribution in [0.15, 0.2) is 16.7 Å². The smallest absolute Gasteiger partial charge is 0.256 e. The summed E-state index contributed by atoms with van der Waals surface area (Å²) in [6, 6.07) is 2.60. The number of carbonyl (C=O) groups is 1. The number of amides is 1. The van der Waals surface area contributed by atoms with Gasteiger partial charge >= 0.3 is 0 Å². The number of anilines is 1. The molecule has 1 amide bonds. The third-order valence-electron chi connectivity index (χ3n) is 3.91. The van der Waals surface area contributed by atoms with Gasteiger partial charge in [-0.3, -0.25) is 4.79 Å². The topological polar surface area (TPSA) is 94.5 Å². The highest BCUT2D eigenvalue weighted by atomic mass is 35.5. The molecule has 1 saturated heterocycles. The van der Waals surface area contributed by atoms with Crippen molar-refractivity contribution < 1.29 is 14.1 Å². The highest BCUT2D eigenvalue weighted by Crippen LogP contribution is 2.34. The van der Waals surface area contributed by atoms with Crippen molar-refractivity contribution >= 4 is 34.8 Å². The minimum Gasteiger partial charge on any atom is -0.396 e. The van der Waals surface area contributed by atoms with Gasteiger partial charge in [-0.25, -0.2) is 0 Å². The van der Waals surface area contributed by atoms with Crippen LogP contribution in [0.5, 0.6) is 0 Å². The maximum atomic E-state index is 13.0. The summed E-state index contributed by atoms with van der Waals surface area (Å²) in [5.74, 6) is 0.523. The van der Waals surface area contributed by atoms with E-state index in [-0.39, 0.29) is 28.3 Å². The highest BCUT2D eigenvalue weighted by Gasteiger charge is 2.38. The molecule has 1 aromatic carbocycles. The van der Waals surface area contributed by atoms with Crippen molar-refractivity contribution in [3.8, 4) is 0 Å². The number of hydrogen-bond donors (Lipinski definition) is 1. The van der Waals surface area contributed by atoms with Crippen LogP contribution in [0.1, 0.15) is 35.0 Å². The molecule has 1 aliphatic heterocycles. The molecule has 3 rings (SSSR count). The first-order valence-electron chi connectivity index (χ1n) is 7.36. The maximum absolute atomic E-state index is 13.0. The monoisotopic (exact) mass is 370 g/mol. The number of nitrogens with zero attached hydrogens (tertiary/aromatic N) is 3. The minimum atomic E-state index is -0.500. The van der Waals surface area contributed by atoms with E-state index >= 15 is 0 Å². The molecular weight excluding hydrogens is 355 g/mol. The van der Waals surface area contributed by atoms with Crippen LogP contribution >= 0.6 is 23.2 Å². The van der Waals surface area contributed by atoms with E-state index in [1.54, 1.807) is 24.0 Å². The van der Waals surface area contributed by atoms with E-state index in [1.165, 1.54) is 0 Å². The Balaban J connectivity index is 1.99. The molecule has 0 radical (unpaired) electrons. The third kappa shape index (κ3) is 2.94. The number of benzene rings is 1. The Morgan fingerprint density at radius 1 is 1.42 bits per heavy atom. The molecule has 0 bridgehead atoms. The second-order valence-electron chi connectivity index (χ2n) is 5.52. The molecule has 2 atom stereocenters. The van der Waals surface area contributed by atoms with Crippen LogP contribution in [0.3, 0.4) is 0 Å². The van der Waals surface area contributed by atoms with Crippen molar-refractivity contribution in [3.63, 3.8) is 0 Å². The fourth-order valence-electron chi connectivity index (χ4n) is 2.71. The highest BCUT2D eigenvalue weighted by molar-refractivity contribution is 6.40. The van der Waals surface area contributed by atoms with E-state index in [4.69, 9.17) is 38.2 Å². The molecular formula is C15H16Cl2N4O3. The third-order valence-corrected chi connectivity index (χ3v) is 4.64. The van der Waals surface area contributed by atoms with Gasteiger partial charge in [0.25, 0.3) is 11.8 Å². The fraction of sp³-hybridized carbons (Fsp3) is 0.400.